The van der Waals surface area contributed by atoms with Gasteiger partial charge < -0.3 is 4.90 Å². The number of carbonyl (C=O) groups is 1. The number of hydrogen-bond donors (Lipinski definition) is 0. The van der Waals surface area contributed by atoms with Crippen molar-refractivity contribution in [1.82, 2.24) is 14.8 Å². The normalized spacial score (nSPS) is 15.9. The molecule has 1 aromatic heterocycles. The minimum atomic E-state index is -0.243. The van der Waals surface area contributed by atoms with Crippen LogP contribution in [0.4, 0.5) is 4.39 Å². The molecule has 6 heteroatoms. The second-order valence-corrected chi connectivity index (χ2v) is 7.45. The number of benzene rings is 2. The van der Waals surface area contributed by atoms with Crippen LogP contribution in [0.1, 0.15) is 27.5 Å². The molecule has 1 saturated heterocycles. The van der Waals surface area contributed by atoms with Gasteiger partial charge in [0, 0.05) is 32.4 Å². The smallest absolute Gasteiger partial charge is 0.255 e. The number of piperazine rings is 1. The summed E-state index contributed by atoms with van der Waals surface area (Å²) in [6.45, 7) is 2.69. The van der Waals surface area contributed by atoms with Crippen LogP contribution >= 0.6 is 11.6 Å². The van der Waals surface area contributed by atoms with Gasteiger partial charge in [-0.25, -0.2) is 9.37 Å². The Bertz CT molecular complexity index is 956. The Balaban J connectivity index is 1.51. The molecule has 0 saturated carbocycles. The lowest BCUT2D eigenvalue weighted by Crippen LogP contribution is -2.49. The summed E-state index contributed by atoms with van der Waals surface area (Å²) in [6, 6.07) is 20.2. The number of pyridine rings is 1. The molecule has 1 aliphatic heterocycles. The lowest BCUT2D eigenvalue weighted by molar-refractivity contribution is 0.0597. The molecule has 0 N–H and O–H groups in total. The van der Waals surface area contributed by atoms with E-state index in [1.54, 1.807) is 12.1 Å². The van der Waals surface area contributed by atoms with E-state index in [1.807, 2.05) is 35.2 Å². The molecule has 3 aromatic rings. The molecule has 0 radical (unpaired) electrons. The van der Waals surface area contributed by atoms with Crippen LogP contribution in [-0.2, 0) is 0 Å². The molecule has 4 nitrogen and oxygen atoms in total. The maximum Gasteiger partial charge on any atom is 0.255 e. The first-order chi connectivity index (χ1) is 14.1. The molecule has 2 heterocycles. The number of rotatable bonds is 4. The fraction of sp³-hybridized carbons (Fsp3) is 0.217. The van der Waals surface area contributed by atoms with Crippen molar-refractivity contribution in [3.63, 3.8) is 0 Å². The van der Waals surface area contributed by atoms with E-state index in [9.17, 15) is 9.18 Å². The van der Waals surface area contributed by atoms with Gasteiger partial charge >= 0.3 is 0 Å². The Labute approximate surface area is 174 Å². The van der Waals surface area contributed by atoms with E-state index in [0.717, 1.165) is 24.2 Å². The van der Waals surface area contributed by atoms with Gasteiger partial charge in [-0.2, -0.15) is 0 Å². The Morgan fingerprint density at radius 2 is 1.55 bits per heavy atom. The van der Waals surface area contributed by atoms with Gasteiger partial charge in [0.2, 0.25) is 0 Å². The number of nitrogens with zero attached hydrogens (tertiary/aromatic N) is 3. The highest BCUT2D eigenvalue weighted by molar-refractivity contribution is 6.29. The Morgan fingerprint density at radius 1 is 0.897 bits per heavy atom. The van der Waals surface area contributed by atoms with Gasteiger partial charge in [0.05, 0.1) is 11.6 Å². The number of amides is 1. The molecule has 1 amide bonds. The van der Waals surface area contributed by atoms with Crippen molar-refractivity contribution < 1.29 is 9.18 Å². The zero-order chi connectivity index (χ0) is 20.2. The van der Waals surface area contributed by atoms with E-state index in [4.69, 9.17) is 11.6 Å². The summed E-state index contributed by atoms with van der Waals surface area (Å²) in [5.41, 5.74) is 2.74. The summed E-state index contributed by atoms with van der Waals surface area (Å²) in [4.78, 5) is 20.9. The summed E-state index contributed by atoms with van der Waals surface area (Å²) in [5, 5.41) is 0.372. The first-order valence-corrected chi connectivity index (χ1v) is 9.95. The fourth-order valence-electron chi connectivity index (χ4n) is 3.76. The molecule has 1 atom stereocenters. The molecule has 29 heavy (non-hydrogen) atoms. The number of hydrogen-bond acceptors (Lipinski definition) is 3. The van der Waals surface area contributed by atoms with Crippen LogP contribution in [-0.4, -0.2) is 46.9 Å². The van der Waals surface area contributed by atoms with Crippen molar-refractivity contribution in [3.8, 4) is 0 Å². The van der Waals surface area contributed by atoms with Crippen molar-refractivity contribution in [2.75, 3.05) is 26.2 Å². The third kappa shape index (κ3) is 4.47. The number of aromatic nitrogens is 1. The van der Waals surface area contributed by atoms with Crippen LogP contribution in [0.25, 0.3) is 0 Å². The standard InChI is InChI=1S/C23H21ClFN3O/c24-21-11-8-19(16-26-21)23(29)28-14-12-27(13-15-28)22(17-4-2-1-3-5-17)18-6-9-20(25)10-7-18/h1-11,16,22H,12-15H2/t22-/m0/s1. The second-order valence-electron chi connectivity index (χ2n) is 7.06. The zero-order valence-corrected chi connectivity index (χ0v) is 16.6. The first kappa shape index (κ1) is 19.6. The van der Waals surface area contributed by atoms with Gasteiger partial charge in [0.15, 0.2) is 0 Å². The third-order valence-electron chi connectivity index (χ3n) is 5.24. The van der Waals surface area contributed by atoms with Gasteiger partial charge in [0.25, 0.3) is 5.91 Å². The molecule has 0 unspecified atom stereocenters. The molecule has 0 aliphatic carbocycles. The van der Waals surface area contributed by atoms with Crippen LogP contribution in [0.2, 0.25) is 5.15 Å². The lowest BCUT2D eigenvalue weighted by atomic mass is 9.96. The van der Waals surface area contributed by atoms with Crippen molar-refractivity contribution in [1.29, 1.82) is 0 Å². The van der Waals surface area contributed by atoms with Crippen molar-refractivity contribution >= 4 is 17.5 Å². The molecule has 2 aromatic carbocycles. The van der Waals surface area contributed by atoms with Crippen molar-refractivity contribution in [3.05, 3.63) is 101 Å². The quantitative estimate of drug-likeness (QED) is 0.598. The lowest BCUT2D eigenvalue weighted by Gasteiger charge is -2.39. The Kier molecular flexibility index (Phi) is 5.88. The zero-order valence-electron chi connectivity index (χ0n) is 15.8. The van der Waals surface area contributed by atoms with E-state index >= 15 is 0 Å². The summed E-state index contributed by atoms with van der Waals surface area (Å²) >= 11 is 5.82. The average molecular weight is 410 g/mol. The van der Waals surface area contributed by atoms with Crippen molar-refractivity contribution in [2.24, 2.45) is 0 Å². The summed E-state index contributed by atoms with van der Waals surface area (Å²) in [6.07, 6.45) is 1.52. The molecule has 0 spiro atoms. The average Bonchev–Trinajstić information content (AvgIpc) is 2.77. The topological polar surface area (TPSA) is 36.4 Å². The van der Waals surface area contributed by atoms with E-state index in [0.29, 0.717) is 23.8 Å². The van der Waals surface area contributed by atoms with Gasteiger partial charge in [0.1, 0.15) is 11.0 Å². The molecular weight excluding hydrogens is 389 g/mol. The fourth-order valence-corrected chi connectivity index (χ4v) is 3.87. The first-order valence-electron chi connectivity index (χ1n) is 9.57. The predicted molar refractivity (Wildman–Crippen MR) is 111 cm³/mol. The molecule has 1 fully saturated rings. The highest BCUT2D eigenvalue weighted by atomic mass is 35.5. The minimum absolute atomic E-state index is 0.0197. The van der Waals surface area contributed by atoms with Crippen LogP contribution in [0.3, 0.4) is 0 Å². The SMILES string of the molecule is O=C(c1ccc(Cl)nc1)N1CCN([C@@H](c2ccccc2)c2ccc(F)cc2)CC1. The summed E-state index contributed by atoms with van der Waals surface area (Å²) in [7, 11) is 0. The number of carbonyl (C=O) groups excluding carboxylic acids is 1. The van der Waals surface area contributed by atoms with Gasteiger partial charge in [-0.3, -0.25) is 9.69 Å². The van der Waals surface area contributed by atoms with E-state index in [-0.39, 0.29) is 17.8 Å². The monoisotopic (exact) mass is 409 g/mol. The highest BCUT2D eigenvalue weighted by Crippen LogP contribution is 2.30. The maximum atomic E-state index is 13.4. The molecule has 0 bridgehead atoms. The Morgan fingerprint density at radius 3 is 2.17 bits per heavy atom. The van der Waals surface area contributed by atoms with E-state index in [2.05, 4.69) is 22.0 Å². The molecule has 4 rings (SSSR count). The Hall–Kier alpha value is -2.76. The molecule has 1 aliphatic rings. The minimum Gasteiger partial charge on any atom is -0.336 e. The largest absolute Gasteiger partial charge is 0.336 e. The van der Waals surface area contributed by atoms with Gasteiger partial charge in [-0.1, -0.05) is 54.1 Å². The third-order valence-corrected chi connectivity index (χ3v) is 5.47. The van der Waals surface area contributed by atoms with Crippen LogP contribution in [0, 0.1) is 5.82 Å². The van der Waals surface area contributed by atoms with Crippen LogP contribution < -0.4 is 0 Å². The van der Waals surface area contributed by atoms with E-state index in [1.165, 1.54) is 18.3 Å². The van der Waals surface area contributed by atoms with Gasteiger partial charge in [-0.15, -0.1) is 0 Å². The van der Waals surface area contributed by atoms with E-state index < -0.39 is 0 Å². The predicted octanol–water partition coefficient (Wildman–Crippen LogP) is 4.42. The number of halogens is 2. The highest BCUT2D eigenvalue weighted by Gasteiger charge is 2.28. The van der Waals surface area contributed by atoms with Crippen LogP contribution in [0.5, 0.6) is 0 Å². The second kappa shape index (κ2) is 8.72. The van der Waals surface area contributed by atoms with Crippen molar-refractivity contribution in [2.45, 2.75) is 6.04 Å². The summed E-state index contributed by atoms with van der Waals surface area (Å²) in [5.74, 6) is -0.278. The summed E-state index contributed by atoms with van der Waals surface area (Å²) < 4.78 is 13.4. The maximum absolute atomic E-state index is 13.4. The molecular formula is C23H21ClFN3O. The van der Waals surface area contributed by atoms with Gasteiger partial charge in [-0.05, 0) is 35.4 Å². The molecule has 148 valence electrons. The van der Waals surface area contributed by atoms with Crippen LogP contribution in [0.15, 0.2) is 72.9 Å².